The van der Waals surface area contributed by atoms with Crippen molar-refractivity contribution < 1.29 is 9.21 Å². The number of nitrogens with one attached hydrogen (secondary N) is 1. The second-order valence-electron chi connectivity index (χ2n) is 9.61. The Morgan fingerprint density at radius 2 is 1.97 bits per heavy atom. The van der Waals surface area contributed by atoms with Crippen molar-refractivity contribution in [1.29, 1.82) is 5.26 Å². The van der Waals surface area contributed by atoms with Crippen LogP contribution in [0.25, 0.3) is 22.3 Å². The molecule has 7 heteroatoms. The molecule has 4 aromatic rings. The van der Waals surface area contributed by atoms with Crippen molar-refractivity contribution in [2.75, 3.05) is 18.4 Å². The normalized spacial score (nSPS) is 15.9. The van der Waals surface area contributed by atoms with Gasteiger partial charge in [0, 0.05) is 36.0 Å². The summed E-state index contributed by atoms with van der Waals surface area (Å²) < 4.78 is 6.43. The van der Waals surface area contributed by atoms with E-state index in [1.807, 2.05) is 62.4 Å². The Hall–Kier alpha value is -4.44. The molecule has 0 aliphatic carbocycles. The van der Waals surface area contributed by atoms with E-state index in [-0.39, 0.29) is 23.3 Å². The zero-order valence-corrected chi connectivity index (χ0v) is 21.1. The molecule has 1 fully saturated rings. The van der Waals surface area contributed by atoms with Gasteiger partial charge in [0.2, 0.25) is 0 Å². The number of carbonyl (C=O) groups is 1. The molecular weight excluding hydrogens is 464 g/mol. The van der Waals surface area contributed by atoms with Crippen LogP contribution < -0.4 is 10.7 Å². The largest absolute Gasteiger partial charge is 0.455 e. The van der Waals surface area contributed by atoms with E-state index < -0.39 is 0 Å². The summed E-state index contributed by atoms with van der Waals surface area (Å²) in [6, 6.07) is 19.0. The molecule has 186 valence electrons. The molecule has 0 bridgehead atoms. The fourth-order valence-corrected chi connectivity index (χ4v) is 4.96. The molecule has 5 rings (SSSR count). The quantitative estimate of drug-likeness (QED) is 0.388. The van der Waals surface area contributed by atoms with Gasteiger partial charge in [-0.15, -0.1) is 0 Å². The van der Waals surface area contributed by atoms with Crippen LogP contribution in [-0.4, -0.2) is 28.9 Å². The van der Waals surface area contributed by atoms with Crippen LogP contribution >= 0.6 is 0 Å². The van der Waals surface area contributed by atoms with Crippen LogP contribution in [0, 0.1) is 31.1 Å². The maximum atomic E-state index is 13.4. The Morgan fingerprint density at radius 3 is 2.70 bits per heavy atom. The second-order valence-corrected chi connectivity index (χ2v) is 9.61. The molecule has 1 aliphatic heterocycles. The van der Waals surface area contributed by atoms with Crippen LogP contribution in [0.2, 0.25) is 0 Å². The number of rotatable bonds is 5. The minimum atomic E-state index is -0.293. The Balaban J connectivity index is 1.55. The monoisotopic (exact) mass is 492 g/mol. The SMILES string of the molecule is Cc1cc(C(C)Nc2cccnc2C(=O)N2CCC(C#N)C2)c2oc(-c3ccccc3)c(C)c(=O)c2c1. The number of aromatic nitrogens is 1. The smallest absolute Gasteiger partial charge is 0.274 e. The van der Waals surface area contributed by atoms with Crippen molar-refractivity contribution in [2.24, 2.45) is 5.92 Å². The third kappa shape index (κ3) is 4.58. The molecule has 37 heavy (non-hydrogen) atoms. The lowest BCUT2D eigenvalue weighted by molar-refractivity contribution is 0.0785. The topological polar surface area (TPSA) is 99.2 Å². The fraction of sp³-hybridized carbons (Fsp3) is 0.267. The molecule has 2 aromatic heterocycles. The fourth-order valence-electron chi connectivity index (χ4n) is 4.96. The summed E-state index contributed by atoms with van der Waals surface area (Å²) in [5, 5.41) is 13.2. The summed E-state index contributed by atoms with van der Waals surface area (Å²) >= 11 is 0. The standard InChI is InChI=1S/C30H28N4O3/c1-18-14-23(29-24(15-18)27(35)19(2)28(37-29)22-8-5-4-6-9-22)20(3)33-25-10-7-12-32-26(25)30(36)34-13-11-21(16-31)17-34/h4-10,12,14-15,20-21,33H,11,13,17H2,1-3H3. The Labute approximate surface area is 215 Å². The first-order valence-electron chi connectivity index (χ1n) is 12.4. The van der Waals surface area contributed by atoms with Crippen LogP contribution in [0.15, 0.2) is 70.0 Å². The molecule has 2 aromatic carbocycles. The molecule has 0 spiro atoms. The molecule has 1 saturated heterocycles. The van der Waals surface area contributed by atoms with E-state index in [2.05, 4.69) is 16.4 Å². The van der Waals surface area contributed by atoms with E-state index in [1.165, 1.54) is 0 Å². The highest BCUT2D eigenvalue weighted by Gasteiger charge is 2.29. The van der Waals surface area contributed by atoms with Gasteiger partial charge in [0.05, 0.1) is 29.1 Å². The molecule has 1 aliphatic rings. The molecule has 7 nitrogen and oxygen atoms in total. The number of benzene rings is 2. The molecule has 2 atom stereocenters. The number of fused-ring (bicyclic) bond motifs is 1. The van der Waals surface area contributed by atoms with E-state index in [9.17, 15) is 14.9 Å². The van der Waals surface area contributed by atoms with Crippen LogP contribution in [0.5, 0.6) is 0 Å². The number of carbonyl (C=O) groups excluding carboxylic acids is 1. The zero-order chi connectivity index (χ0) is 26.1. The van der Waals surface area contributed by atoms with Gasteiger partial charge in [-0.3, -0.25) is 9.59 Å². The highest BCUT2D eigenvalue weighted by Crippen LogP contribution is 2.32. The van der Waals surface area contributed by atoms with Crippen molar-refractivity contribution in [2.45, 2.75) is 33.2 Å². The van der Waals surface area contributed by atoms with Gasteiger partial charge < -0.3 is 14.6 Å². The van der Waals surface area contributed by atoms with Crippen LogP contribution in [-0.2, 0) is 0 Å². The van der Waals surface area contributed by atoms with Crippen molar-refractivity contribution >= 4 is 22.6 Å². The Kier molecular flexibility index (Phi) is 6.49. The van der Waals surface area contributed by atoms with Gasteiger partial charge in [-0.25, -0.2) is 4.98 Å². The predicted octanol–water partition coefficient (Wildman–Crippen LogP) is 5.63. The van der Waals surface area contributed by atoms with E-state index in [1.54, 1.807) is 24.1 Å². The number of hydrogen-bond acceptors (Lipinski definition) is 6. The summed E-state index contributed by atoms with van der Waals surface area (Å²) in [7, 11) is 0. The number of anilines is 1. The second kappa shape index (κ2) is 9.90. The van der Waals surface area contributed by atoms with Gasteiger partial charge in [-0.2, -0.15) is 5.26 Å². The number of hydrogen-bond donors (Lipinski definition) is 1. The van der Waals surface area contributed by atoms with Crippen LogP contribution in [0.3, 0.4) is 0 Å². The molecule has 0 saturated carbocycles. The van der Waals surface area contributed by atoms with E-state index in [0.717, 1.165) is 16.7 Å². The average Bonchev–Trinajstić information content (AvgIpc) is 3.40. The first-order valence-corrected chi connectivity index (χ1v) is 12.4. The maximum absolute atomic E-state index is 13.4. The first kappa shape index (κ1) is 24.3. The summed E-state index contributed by atoms with van der Waals surface area (Å²) in [6.07, 6.45) is 2.27. The van der Waals surface area contributed by atoms with Crippen molar-refractivity contribution in [1.82, 2.24) is 9.88 Å². The molecule has 0 radical (unpaired) electrons. The molecule has 1 amide bonds. The van der Waals surface area contributed by atoms with Crippen LogP contribution in [0.1, 0.15) is 46.6 Å². The van der Waals surface area contributed by atoms with Crippen molar-refractivity contribution in [3.63, 3.8) is 0 Å². The van der Waals surface area contributed by atoms with Gasteiger partial charge in [0.1, 0.15) is 11.3 Å². The minimum absolute atomic E-state index is 0.0596. The van der Waals surface area contributed by atoms with E-state index in [0.29, 0.717) is 53.2 Å². The molecule has 3 heterocycles. The van der Waals surface area contributed by atoms with Gasteiger partial charge in [0.25, 0.3) is 5.91 Å². The average molecular weight is 493 g/mol. The van der Waals surface area contributed by atoms with Crippen LogP contribution in [0.4, 0.5) is 5.69 Å². The first-order chi connectivity index (χ1) is 17.9. The van der Waals surface area contributed by atoms with Crippen molar-refractivity contribution in [3.05, 3.63) is 93.4 Å². The summed E-state index contributed by atoms with van der Waals surface area (Å²) in [5.74, 6) is 0.205. The van der Waals surface area contributed by atoms with Gasteiger partial charge in [-0.1, -0.05) is 36.4 Å². The zero-order valence-electron chi connectivity index (χ0n) is 21.1. The number of aryl methyl sites for hydroxylation is 1. The number of pyridine rings is 1. The number of nitrogens with zero attached hydrogens (tertiary/aromatic N) is 3. The van der Waals surface area contributed by atoms with E-state index >= 15 is 0 Å². The number of likely N-dealkylation sites (tertiary alicyclic amines) is 1. The molecular formula is C30H28N4O3. The molecule has 2 unspecified atom stereocenters. The van der Waals surface area contributed by atoms with Gasteiger partial charge in [0.15, 0.2) is 11.1 Å². The third-order valence-electron chi connectivity index (χ3n) is 6.93. The number of nitriles is 1. The minimum Gasteiger partial charge on any atom is -0.455 e. The Morgan fingerprint density at radius 1 is 1.19 bits per heavy atom. The third-order valence-corrected chi connectivity index (χ3v) is 6.93. The summed E-state index contributed by atoms with van der Waals surface area (Å²) in [6.45, 7) is 6.67. The molecule has 1 N–H and O–H groups in total. The lowest BCUT2D eigenvalue weighted by Crippen LogP contribution is -2.30. The van der Waals surface area contributed by atoms with Gasteiger partial charge in [-0.05, 0) is 51.0 Å². The van der Waals surface area contributed by atoms with Gasteiger partial charge >= 0.3 is 0 Å². The highest BCUT2D eigenvalue weighted by atomic mass is 16.3. The lowest BCUT2D eigenvalue weighted by Gasteiger charge is -2.21. The summed E-state index contributed by atoms with van der Waals surface area (Å²) in [4.78, 5) is 32.7. The Bertz CT molecular complexity index is 1590. The maximum Gasteiger partial charge on any atom is 0.274 e. The lowest BCUT2D eigenvalue weighted by atomic mass is 9.98. The van der Waals surface area contributed by atoms with E-state index in [4.69, 9.17) is 4.42 Å². The van der Waals surface area contributed by atoms with Crippen molar-refractivity contribution in [3.8, 4) is 17.4 Å². The predicted molar refractivity (Wildman–Crippen MR) is 143 cm³/mol. The number of amides is 1. The summed E-state index contributed by atoms with van der Waals surface area (Å²) in [5.41, 5.74) is 4.53. The highest BCUT2D eigenvalue weighted by molar-refractivity contribution is 5.98.